The van der Waals surface area contributed by atoms with Crippen LogP contribution in [0.1, 0.15) is 18.9 Å². The van der Waals surface area contributed by atoms with E-state index in [0.717, 1.165) is 12.0 Å². The highest BCUT2D eigenvalue weighted by Crippen LogP contribution is 2.32. The minimum Gasteiger partial charge on any atom is -0.455 e. The Morgan fingerprint density at radius 1 is 1.30 bits per heavy atom. The predicted octanol–water partition coefficient (Wildman–Crippen LogP) is 4.46. The monoisotopic (exact) mass is 310 g/mol. The van der Waals surface area contributed by atoms with Crippen molar-refractivity contribution in [1.29, 1.82) is 0 Å². The number of pyridine rings is 1. The first-order chi connectivity index (χ1) is 9.60. The van der Waals surface area contributed by atoms with Crippen LogP contribution in [0.3, 0.4) is 0 Å². The van der Waals surface area contributed by atoms with Crippen LogP contribution in [0.4, 0.5) is 0 Å². The third-order valence-corrected chi connectivity index (χ3v) is 3.53. The molecule has 0 aliphatic carbocycles. The molecule has 0 saturated heterocycles. The Bertz CT molecular complexity index is 590. The summed E-state index contributed by atoms with van der Waals surface area (Å²) in [5.74, 6) is 1.26. The van der Waals surface area contributed by atoms with Crippen LogP contribution < -0.4 is 10.5 Å². The molecule has 5 heteroatoms. The molecule has 106 valence electrons. The number of nitrogens with zero attached hydrogens (tertiary/aromatic N) is 1. The lowest BCUT2D eigenvalue weighted by Crippen LogP contribution is -2.21. The topological polar surface area (TPSA) is 48.1 Å². The van der Waals surface area contributed by atoms with Crippen LogP contribution in [0.15, 0.2) is 36.7 Å². The summed E-state index contributed by atoms with van der Waals surface area (Å²) in [5, 5.41) is 1.18. The number of rotatable bonds is 5. The maximum atomic E-state index is 6.25. The van der Waals surface area contributed by atoms with E-state index in [4.69, 9.17) is 33.7 Å². The van der Waals surface area contributed by atoms with Gasteiger partial charge in [0.1, 0.15) is 11.5 Å². The molecule has 1 atom stereocenters. The van der Waals surface area contributed by atoms with Crippen molar-refractivity contribution in [3.8, 4) is 11.5 Å². The lowest BCUT2D eigenvalue weighted by atomic mass is 10.0. The van der Waals surface area contributed by atoms with Crippen LogP contribution in [0.25, 0.3) is 0 Å². The van der Waals surface area contributed by atoms with E-state index in [0.29, 0.717) is 28.0 Å². The van der Waals surface area contributed by atoms with E-state index in [1.165, 1.54) is 0 Å². The average molecular weight is 311 g/mol. The summed E-state index contributed by atoms with van der Waals surface area (Å²) in [4.78, 5) is 3.99. The zero-order valence-corrected chi connectivity index (χ0v) is 12.7. The zero-order valence-electron chi connectivity index (χ0n) is 11.1. The molecule has 1 aromatic carbocycles. The second kappa shape index (κ2) is 6.93. The van der Waals surface area contributed by atoms with Gasteiger partial charge in [-0.25, -0.2) is 0 Å². The van der Waals surface area contributed by atoms with Gasteiger partial charge in [-0.05, 0) is 25.0 Å². The van der Waals surface area contributed by atoms with E-state index in [1.807, 2.05) is 25.1 Å². The summed E-state index contributed by atoms with van der Waals surface area (Å²) in [6.45, 7) is 2.04. The molecule has 0 fully saturated rings. The van der Waals surface area contributed by atoms with E-state index < -0.39 is 0 Å². The van der Waals surface area contributed by atoms with E-state index in [-0.39, 0.29) is 6.04 Å². The third-order valence-electron chi connectivity index (χ3n) is 2.97. The summed E-state index contributed by atoms with van der Waals surface area (Å²) in [6, 6.07) is 7.30. The molecular weight excluding hydrogens is 295 g/mol. The first-order valence-corrected chi connectivity index (χ1v) is 7.17. The molecule has 1 aromatic heterocycles. The van der Waals surface area contributed by atoms with Crippen molar-refractivity contribution >= 4 is 23.2 Å². The lowest BCUT2D eigenvalue weighted by molar-refractivity contribution is 0.470. The van der Waals surface area contributed by atoms with Crippen LogP contribution >= 0.6 is 23.2 Å². The number of ether oxygens (including phenoxy) is 1. The van der Waals surface area contributed by atoms with Gasteiger partial charge in [-0.1, -0.05) is 36.2 Å². The van der Waals surface area contributed by atoms with Crippen molar-refractivity contribution in [3.63, 3.8) is 0 Å². The molecule has 0 aliphatic rings. The van der Waals surface area contributed by atoms with Gasteiger partial charge in [0.15, 0.2) is 0 Å². The Labute approximate surface area is 128 Å². The summed E-state index contributed by atoms with van der Waals surface area (Å²) >= 11 is 12.2. The first-order valence-electron chi connectivity index (χ1n) is 6.41. The Kier molecular flexibility index (Phi) is 5.24. The summed E-state index contributed by atoms with van der Waals surface area (Å²) in [6.07, 6.45) is 4.71. The van der Waals surface area contributed by atoms with Gasteiger partial charge in [0.25, 0.3) is 0 Å². The van der Waals surface area contributed by atoms with E-state index >= 15 is 0 Å². The third kappa shape index (κ3) is 3.85. The molecule has 2 N–H and O–H groups in total. The van der Waals surface area contributed by atoms with Crippen LogP contribution in [-0.2, 0) is 6.42 Å². The average Bonchev–Trinajstić information content (AvgIpc) is 2.42. The Morgan fingerprint density at radius 2 is 2.10 bits per heavy atom. The van der Waals surface area contributed by atoms with Crippen molar-refractivity contribution in [2.75, 3.05) is 0 Å². The minimum absolute atomic E-state index is 0.0507. The minimum atomic E-state index is 0.0507. The van der Waals surface area contributed by atoms with Gasteiger partial charge in [-0.3, -0.25) is 4.98 Å². The van der Waals surface area contributed by atoms with Crippen LogP contribution in [0, 0.1) is 0 Å². The highest BCUT2D eigenvalue weighted by Gasteiger charge is 2.12. The first kappa shape index (κ1) is 15.1. The molecule has 2 rings (SSSR count). The maximum absolute atomic E-state index is 6.25. The fourth-order valence-corrected chi connectivity index (χ4v) is 2.22. The zero-order chi connectivity index (χ0) is 14.5. The number of nitrogens with two attached hydrogens (primary N) is 1. The quantitative estimate of drug-likeness (QED) is 0.887. The molecule has 3 nitrogen and oxygen atoms in total. The fourth-order valence-electron chi connectivity index (χ4n) is 1.81. The number of halogens is 2. The summed E-state index contributed by atoms with van der Waals surface area (Å²) in [7, 11) is 0. The van der Waals surface area contributed by atoms with Crippen molar-refractivity contribution in [2.45, 2.75) is 25.8 Å². The standard InChI is InChI=1S/C15H16Cl2N2O/c1-2-11(18)7-13-14(17)4-3-5-15(13)20-12-6-10(16)8-19-9-12/h3-6,8-9,11H,2,7,18H2,1H3. The number of hydrogen-bond donors (Lipinski definition) is 1. The fraction of sp³-hybridized carbons (Fsp3) is 0.267. The van der Waals surface area contributed by atoms with Gasteiger partial charge < -0.3 is 10.5 Å². The van der Waals surface area contributed by atoms with Crippen LogP contribution in [0.2, 0.25) is 10.0 Å². The van der Waals surface area contributed by atoms with Gasteiger partial charge in [0.05, 0.1) is 11.2 Å². The normalized spacial score (nSPS) is 12.2. The van der Waals surface area contributed by atoms with Crippen molar-refractivity contribution in [2.24, 2.45) is 5.73 Å². The van der Waals surface area contributed by atoms with Gasteiger partial charge >= 0.3 is 0 Å². The number of aromatic nitrogens is 1. The second-order valence-electron chi connectivity index (χ2n) is 4.53. The maximum Gasteiger partial charge on any atom is 0.147 e. The van der Waals surface area contributed by atoms with Gasteiger partial charge in [0, 0.05) is 28.9 Å². The van der Waals surface area contributed by atoms with Crippen molar-refractivity contribution in [1.82, 2.24) is 4.98 Å². The highest BCUT2D eigenvalue weighted by molar-refractivity contribution is 6.31. The highest BCUT2D eigenvalue weighted by atomic mass is 35.5. The van der Waals surface area contributed by atoms with Crippen molar-refractivity contribution < 1.29 is 4.74 Å². The second-order valence-corrected chi connectivity index (χ2v) is 5.37. The van der Waals surface area contributed by atoms with Gasteiger partial charge in [-0.15, -0.1) is 0 Å². The Hall–Kier alpha value is -1.29. The molecule has 0 radical (unpaired) electrons. The Balaban J connectivity index is 2.29. The molecular formula is C15H16Cl2N2O. The predicted molar refractivity (Wildman–Crippen MR) is 82.7 cm³/mol. The van der Waals surface area contributed by atoms with Crippen LogP contribution in [0.5, 0.6) is 11.5 Å². The molecule has 0 amide bonds. The van der Waals surface area contributed by atoms with Gasteiger partial charge in [-0.2, -0.15) is 0 Å². The molecule has 0 spiro atoms. The largest absolute Gasteiger partial charge is 0.455 e. The van der Waals surface area contributed by atoms with Crippen LogP contribution in [-0.4, -0.2) is 11.0 Å². The van der Waals surface area contributed by atoms with E-state index in [2.05, 4.69) is 4.98 Å². The van der Waals surface area contributed by atoms with E-state index in [1.54, 1.807) is 18.5 Å². The molecule has 2 aromatic rings. The molecule has 0 saturated carbocycles. The smallest absolute Gasteiger partial charge is 0.147 e. The molecule has 1 unspecified atom stereocenters. The molecule has 1 heterocycles. The summed E-state index contributed by atoms with van der Waals surface area (Å²) < 4.78 is 5.83. The van der Waals surface area contributed by atoms with Gasteiger partial charge in [0.2, 0.25) is 0 Å². The van der Waals surface area contributed by atoms with Crippen molar-refractivity contribution in [3.05, 3.63) is 52.3 Å². The van der Waals surface area contributed by atoms with E-state index in [9.17, 15) is 0 Å². The molecule has 0 aliphatic heterocycles. The lowest BCUT2D eigenvalue weighted by Gasteiger charge is -2.15. The number of hydrogen-bond acceptors (Lipinski definition) is 3. The molecule has 0 bridgehead atoms. The molecule has 20 heavy (non-hydrogen) atoms. The SMILES string of the molecule is CCC(N)Cc1c(Cl)cccc1Oc1cncc(Cl)c1. The summed E-state index contributed by atoms with van der Waals surface area (Å²) in [5.41, 5.74) is 6.92. The number of benzene rings is 1. The Morgan fingerprint density at radius 3 is 2.80 bits per heavy atom.